The van der Waals surface area contributed by atoms with E-state index in [4.69, 9.17) is 4.98 Å². The number of aryl methyl sites for hydroxylation is 2. The number of aliphatic hydroxyl groups excluding tert-OH is 1. The third-order valence-corrected chi connectivity index (χ3v) is 3.90. The highest BCUT2D eigenvalue weighted by molar-refractivity contribution is 6.07. The SMILES string of the molecule is CCC(CO)Nc1c2ccccc2nc2c1c(C)nn2C.Cl.O. The summed E-state index contributed by atoms with van der Waals surface area (Å²) in [5, 5.41) is 19.6. The molecule has 0 aliphatic heterocycles. The molecule has 2 aromatic heterocycles. The van der Waals surface area contributed by atoms with Gasteiger partial charge in [0.25, 0.3) is 0 Å². The molecule has 0 spiro atoms. The third kappa shape index (κ3) is 3.24. The molecule has 0 amide bonds. The van der Waals surface area contributed by atoms with Crippen LogP contribution in [0.2, 0.25) is 0 Å². The molecule has 0 bridgehead atoms. The lowest BCUT2D eigenvalue weighted by Crippen LogP contribution is -2.23. The summed E-state index contributed by atoms with van der Waals surface area (Å²) in [4.78, 5) is 4.72. The fraction of sp³-hybridized carbons (Fsp3) is 0.375. The molecule has 2 heterocycles. The summed E-state index contributed by atoms with van der Waals surface area (Å²) in [5.41, 5.74) is 3.76. The van der Waals surface area contributed by atoms with Crippen LogP contribution in [-0.2, 0) is 7.05 Å². The number of nitrogens with one attached hydrogen (secondary N) is 1. The van der Waals surface area contributed by atoms with Crippen molar-refractivity contribution in [3.8, 4) is 0 Å². The molecule has 0 radical (unpaired) electrons. The summed E-state index contributed by atoms with van der Waals surface area (Å²) >= 11 is 0. The first-order chi connectivity index (χ1) is 10.2. The second-order valence-electron chi connectivity index (χ2n) is 5.34. The molecule has 23 heavy (non-hydrogen) atoms. The predicted molar refractivity (Wildman–Crippen MR) is 96.4 cm³/mol. The van der Waals surface area contributed by atoms with Gasteiger partial charge in [-0.15, -0.1) is 12.4 Å². The molecule has 0 saturated heterocycles. The third-order valence-electron chi connectivity index (χ3n) is 3.90. The number of hydrogen-bond donors (Lipinski definition) is 2. The van der Waals surface area contributed by atoms with Gasteiger partial charge in [0.1, 0.15) is 0 Å². The van der Waals surface area contributed by atoms with Crippen LogP contribution in [-0.4, -0.2) is 38.0 Å². The minimum atomic E-state index is 0. The summed E-state index contributed by atoms with van der Waals surface area (Å²) in [6.45, 7) is 4.16. The van der Waals surface area contributed by atoms with Gasteiger partial charge in [-0.2, -0.15) is 5.10 Å². The summed E-state index contributed by atoms with van der Waals surface area (Å²) in [7, 11) is 1.91. The Bertz CT molecular complexity index is 799. The molecule has 3 aromatic rings. The fourth-order valence-electron chi connectivity index (χ4n) is 2.73. The lowest BCUT2D eigenvalue weighted by atomic mass is 10.1. The van der Waals surface area contributed by atoms with Crippen LogP contribution in [0.3, 0.4) is 0 Å². The standard InChI is InChI=1S/C16H20N4O.ClH.H2O/c1-4-11(9-21)17-15-12-7-5-6-8-13(12)18-16-14(15)10(2)19-20(16)3;;/h5-8,11,21H,4,9H2,1-3H3,(H,17,18);1H;1H2. The second-order valence-corrected chi connectivity index (χ2v) is 5.34. The highest BCUT2D eigenvalue weighted by atomic mass is 35.5. The smallest absolute Gasteiger partial charge is 0.160 e. The average Bonchev–Trinajstić information content (AvgIpc) is 2.78. The van der Waals surface area contributed by atoms with Gasteiger partial charge in [-0.25, -0.2) is 4.98 Å². The number of para-hydroxylation sites is 1. The average molecular weight is 339 g/mol. The Morgan fingerprint density at radius 1 is 1.30 bits per heavy atom. The number of nitrogens with zero attached hydrogens (tertiary/aromatic N) is 3. The first kappa shape index (κ1) is 19.2. The van der Waals surface area contributed by atoms with Crippen LogP contribution in [0.25, 0.3) is 21.9 Å². The maximum atomic E-state index is 9.51. The van der Waals surface area contributed by atoms with Gasteiger partial charge in [-0.3, -0.25) is 4.68 Å². The monoisotopic (exact) mass is 338 g/mol. The Labute approximate surface area is 141 Å². The molecule has 6 nitrogen and oxygen atoms in total. The highest BCUT2D eigenvalue weighted by Crippen LogP contribution is 2.33. The zero-order valence-electron chi connectivity index (χ0n) is 13.5. The number of halogens is 1. The molecular weight excluding hydrogens is 316 g/mol. The Morgan fingerprint density at radius 2 is 2.00 bits per heavy atom. The molecule has 3 rings (SSSR count). The van der Waals surface area contributed by atoms with Crippen molar-refractivity contribution in [2.45, 2.75) is 26.3 Å². The number of anilines is 1. The Hall–Kier alpha value is -1.89. The van der Waals surface area contributed by atoms with Gasteiger partial charge >= 0.3 is 0 Å². The topological polar surface area (TPSA) is 94.5 Å². The molecule has 1 aromatic carbocycles. The maximum Gasteiger partial charge on any atom is 0.160 e. The van der Waals surface area contributed by atoms with Gasteiger partial charge in [0.15, 0.2) is 5.65 Å². The van der Waals surface area contributed by atoms with Crippen molar-refractivity contribution in [2.75, 3.05) is 11.9 Å². The van der Waals surface area contributed by atoms with Crippen molar-refractivity contribution in [1.82, 2.24) is 14.8 Å². The maximum absolute atomic E-state index is 9.51. The summed E-state index contributed by atoms with van der Waals surface area (Å²) in [5.74, 6) is 0. The van der Waals surface area contributed by atoms with Crippen LogP contribution >= 0.6 is 12.4 Å². The zero-order valence-corrected chi connectivity index (χ0v) is 14.3. The number of fused-ring (bicyclic) bond motifs is 2. The van der Waals surface area contributed by atoms with E-state index in [-0.39, 0.29) is 30.5 Å². The minimum absolute atomic E-state index is 0. The number of hydrogen-bond acceptors (Lipinski definition) is 4. The van der Waals surface area contributed by atoms with Crippen LogP contribution in [0, 0.1) is 6.92 Å². The van der Waals surface area contributed by atoms with Crippen molar-refractivity contribution in [3.05, 3.63) is 30.0 Å². The molecule has 1 unspecified atom stereocenters. The summed E-state index contributed by atoms with van der Waals surface area (Å²) in [6.07, 6.45) is 0.855. The molecule has 7 heteroatoms. The van der Waals surface area contributed by atoms with Gasteiger partial charge in [0.05, 0.1) is 28.9 Å². The highest BCUT2D eigenvalue weighted by Gasteiger charge is 2.17. The van der Waals surface area contributed by atoms with E-state index in [1.807, 2.05) is 36.9 Å². The molecule has 0 saturated carbocycles. The number of aliphatic hydroxyl groups is 1. The van der Waals surface area contributed by atoms with E-state index in [1.165, 1.54) is 0 Å². The predicted octanol–water partition coefficient (Wildman–Crippen LogP) is 2.21. The van der Waals surface area contributed by atoms with Gasteiger partial charge < -0.3 is 15.9 Å². The minimum Gasteiger partial charge on any atom is -0.412 e. The van der Waals surface area contributed by atoms with E-state index in [0.29, 0.717) is 0 Å². The van der Waals surface area contributed by atoms with Crippen molar-refractivity contribution in [1.29, 1.82) is 0 Å². The number of pyridine rings is 1. The first-order valence-corrected chi connectivity index (χ1v) is 7.25. The molecule has 0 aliphatic rings. The van der Waals surface area contributed by atoms with Gasteiger partial charge in [0, 0.05) is 18.5 Å². The van der Waals surface area contributed by atoms with Crippen molar-refractivity contribution in [2.24, 2.45) is 7.05 Å². The van der Waals surface area contributed by atoms with Crippen LogP contribution < -0.4 is 5.32 Å². The molecule has 1 atom stereocenters. The fourth-order valence-corrected chi connectivity index (χ4v) is 2.73. The van der Waals surface area contributed by atoms with Crippen LogP contribution in [0.4, 0.5) is 5.69 Å². The summed E-state index contributed by atoms with van der Waals surface area (Å²) < 4.78 is 1.81. The summed E-state index contributed by atoms with van der Waals surface area (Å²) in [6, 6.07) is 8.08. The molecular formula is C16H23ClN4O2. The molecule has 0 aliphatic carbocycles. The van der Waals surface area contributed by atoms with E-state index in [2.05, 4.69) is 23.4 Å². The van der Waals surface area contributed by atoms with Crippen LogP contribution in [0.1, 0.15) is 19.0 Å². The normalized spacial score (nSPS) is 11.8. The van der Waals surface area contributed by atoms with Crippen molar-refractivity contribution < 1.29 is 10.6 Å². The molecule has 0 fully saturated rings. The Balaban J connectivity index is 0.00000132. The largest absolute Gasteiger partial charge is 0.412 e. The first-order valence-electron chi connectivity index (χ1n) is 7.25. The van der Waals surface area contributed by atoms with E-state index in [9.17, 15) is 5.11 Å². The van der Waals surface area contributed by atoms with Crippen LogP contribution in [0.5, 0.6) is 0 Å². The number of aromatic nitrogens is 3. The lowest BCUT2D eigenvalue weighted by molar-refractivity contribution is 0.272. The van der Waals surface area contributed by atoms with Crippen LogP contribution in [0.15, 0.2) is 24.3 Å². The van der Waals surface area contributed by atoms with E-state index >= 15 is 0 Å². The van der Waals surface area contributed by atoms with Gasteiger partial charge in [-0.05, 0) is 19.4 Å². The van der Waals surface area contributed by atoms with Gasteiger partial charge in [-0.1, -0.05) is 25.1 Å². The Kier molecular flexibility index (Phi) is 6.32. The van der Waals surface area contributed by atoms with Crippen molar-refractivity contribution >= 4 is 40.0 Å². The zero-order chi connectivity index (χ0) is 15.0. The Morgan fingerprint density at radius 3 is 2.65 bits per heavy atom. The van der Waals surface area contributed by atoms with E-state index in [0.717, 1.165) is 39.7 Å². The quantitative estimate of drug-likeness (QED) is 0.762. The van der Waals surface area contributed by atoms with E-state index in [1.54, 1.807) is 0 Å². The second kappa shape index (κ2) is 7.59. The molecule has 4 N–H and O–H groups in total. The van der Waals surface area contributed by atoms with Crippen molar-refractivity contribution in [3.63, 3.8) is 0 Å². The van der Waals surface area contributed by atoms with E-state index < -0.39 is 0 Å². The lowest BCUT2D eigenvalue weighted by Gasteiger charge is -2.18. The number of benzene rings is 1. The van der Waals surface area contributed by atoms with Gasteiger partial charge in [0.2, 0.25) is 0 Å². The molecule has 126 valence electrons. The number of rotatable bonds is 4.